The highest BCUT2D eigenvalue weighted by Crippen LogP contribution is 2.31. The van der Waals surface area contributed by atoms with Gasteiger partial charge < -0.3 is 14.8 Å². The van der Waals surface area contributed by atoms with Crippen LogP contribution < -0.4 is 10.1 Å². The van der Waals surface area contributed by atoms with Gasteiger partial charge in [0.05, 0.1) is 30.0 Å². The van der Waals surface area contributed by atoms with Crippen LogP contribution in [-0.4, -0.2) is 26.2 Å². The molecule has 0 fully saturated rings. The lowest BCUT2D eigenvalue weighted by molar-refractivity contribution is 0.0602. The molecule has 146 valence electrons. The molecule has 0 aromatic heterocycles. The van der Waals surface area contributed by atoms with Gasteiger partial charge in [-0.05, 0) is 36.4 Å². The monoisotopic (exact) mass is 417 g/mol. The van der Waals surface area contributed by atoms with Crippen LogP contribution in [0.3, 0.4) is 0 Å². The van der Waals surface area contributed by atoms with Gasteiger partial charge in [0.25, 0.3) is 0 Å². The topological polar surface area (TPSA) is 47.6 Å². The van der Waals surface area contributed by atoms with Gasteiger partial charge in [0, 0.05) is 17.0 Å². The van der Waals surface area contributed by atoms with Crippen LogP contribution in [0.4, 0.5) is 5.69 Å². The number of unbranched alkanes of at least 4 members (excludes halogenated alkanes) is 1. The summed E-state index contributed by atoms with van der Waals surface area (Å²) in [6.07, 6.45) is 1.71. The summed E-state index contributed by atoms with van der Waals surface area (Å²) >= 11 is 12.2. The van der Waals surface area contributed by atoms with Gasteiger partial charge in [-0.3, -0.25) is 0 Å². The minimum atomic E-state index is -0.480. The van der Waals surface area contributed by atoms with E-state index in [-0.39, 0.29) is 0 Å². The molecule has 4 nitrogen and oxygen atoms in total. The molecule has 3 aromatic rings. The standard InChI is InChI=1S/C22H21Cl2NO3/c1-27-22(26)18-13-16(23)14-19(24)21(18)25-11-4-5-12-28-20-10-6-8-15-7-2-3-9-17(15)20/h2-3,6-10,13-14,25H,4-5,11-12H2,1H3. The normalized spacial score (nSPS) is 10.7. The molecule has 3 rings (SSSR count). The Bertz CT molecular complexity index is 970. The second kappa shape index (κ2) is 9.67. The summed E-state index contributed by atoms with van der Waals surface area (Å²) in [5, 5.41) is 6.25. The molecule has 0 saturated heterocycles. The van der Waals surface area contributed by atoms with Crippen LogP contribution in [0.5, 0.6) is 5.75 Å². The number of esters is 1. The van der Waals surface area contributed by atoms with Gasteiger partial charge in [-0.15, -0.1) is 0 Å². The van der Waals surface area contributed by atoms with Crippen LogP contribution >= 0.6 is 23.2 Å². The minimum absolute atomic E-state index is 0.326. The van der Waals surface area contributed by atoms with Crippen molar-refractivity contribution in [3.63, 3.8) is 0 Å². The average Bonchev–Trinajstić information content (AvgIpc) is 2.71. The van der Waals surface area contributed by atoms with E-state index in [2.05, 4.69) is 23.5 Å². The van der Waals surface area contributed by atoms with Gasteiger partial charge in [-0.2, -0.15) is 0 Å². The van der Waals surface area contributed by atoms with Gasteiger partial charge in [-0.1, -0.05) is 59.6 Å². The van der Waals surface area contributed by atoms with Gasteiger partial charge in [0.15, 0.2) is 0 Å². The van der Waals surface area contributed by atoms with Crippen molar-refractivity contribution < 1.29 is 14.3 Å². The Kier molecular flexibility index (Phi) is 7.01. The van der Waals surface area contributed by atoms with E-state index in [1.807, 2.05) is 24.3 Å². The lowest BCUT2D eigenvalue weighted by atomic mass is 10.1. The van der Waals surface area contributed by atoms with Gasteiger partial charge >= 0.3 is 5.97 Å². The lowest BCUT2D eigenvalue weighted by Crippen LogP contribution is -2.11. The Labute approximate surface area is 174 Å². The van der Waals surface area contributed by atoms with E-state index in [0.717, 1.165) is 29.4 Å². The molecule has 3 aromatic carbocycles. The summed E-state index contributed by atoms with van der Waals surface area (Å²) in [5.74, 6) is 0.408. The molecule has 0 atom stereocenters. The molecule has 0 aliphatic rings. The maximum atomic E-state index is 11.9. The number of hydrogen-bond acceptors (Lipinski definition) is 4. The molecule has 0 aliphatic heterocycles. The number of fused-ring (bicyclic) bond motifs is 1. The summed E-state index contributed by atoms with van der Waals surface area (Å²) in [6.45, 7) is 1.25. The number of benzene rings is 3. The highest BCUT2D eigenvalue weighted by atomic mass is 35.5. The fraction of sp³-hybridized carbons (Fsp3) is 0.227. The summed E-state index contributed by atoms with van der Waals surface area (Å²) in [6, 6.07) is 17.3. The number of halogens is 2. The largest absolute Gasteiger partial charge is 0.493 e. The van der Waals surface area contributed by atoms with Crippen molar-refractivity contribution in [3.05, 3.63) is 70.2 Å². The number of anilines is 1. The zero-order valence-corrected chi connectivity index (χ0v) is 17.0. The molecule has 28 heavy (non-hydrogen) atoms. The second-order valence-electron chi connectivity index (χ2n) is 6.26. The van der Waals surface area contributed by atoms with E-state index >= 15 is 0 Å². The lowest BCUT2D eigenvalue weighted by Gasteiger charge is -2.13. The first-order chi connectivity index (χ1) is 13.6. The van der Waals surface area contributed by atoms with Crippen LogP contribution in [0.1, 0.15) is 23.2 Å². The number of rotatable bonds is 8. The fourth-order valence-corrected chi connectivity index (χ4v) is 3.53. The van der Waals surface area contributed by atoms with Crippen molar-refractivity contribution in [2.45, 2.75) is 12.8 Å². The van der Waals surface area contributed by atoms with Crippen molar-refractivity contribution in [1.29, 1.82) is 0 Å². The van der Waals surface area contributed by atoms with Crippen LogP contribution in [0.2, 0.25) is 10.0 Å². The molecule has 0 radical (unpaired) electrons. The van der Waals surface area contributed by atoms with Crippen LogP contribution in [-0.2, 0) is 4.74 Å². The Balaban J connectivity index is 1.52. The predicted octanol–water partition coefficient (Wildman–Crippen LogP) is 6.20. The van der Waals surface area contributed by atoms with E-state index < -0.39 is 5.97 Å². The van der Waals surface area contributed by atoms with Crippen molar-refractivity contribution in [2.75, 3.05) is 25.6 Å². The number of nitrogens with one attached hydrogen (secondary N) is 1. The molecule has 0 amide bonds. The molecule has 0 saturated carbocycles. The number of hydrogen-bond donors (Lipinski definition) is 1. The molecule has 0 aliphatic carbocycles. The highest BCUT2D eigenvalue weighted by molar-refractivity contribution is 6.37. The van der Waals surface area contributed by atoms with Crippen molar-refractivity contribution in [2.24, 2.45) is 0 Å². The maximum Gasteiger partial charge on any atom is 0.340 e. The molecule has 0 spiro atoms. The Hall–Kier alpha value is -2.43. The first-order valence-electron chi connectivity index (χ1n) is 9.02. The number of methoxy groups -OCH3 is 1. The molecule has 0 unspecified atom stereocenters. The van der Waals surface area contributed by atoms with E-state index in [1.165, 1.54) is 7.11 Å². The SMILES string of the molecule is COC(=O)c1cc(Cl)cc(Cl)c1NCCCCOc1cccc2ccccc12. The molecule has 0 bridgehead atoms. The van der Waals surface area contributed by atoms with Gasteiger partial charge in [0.2, 0.25) is 0 Å². The number of ether oxygens (including phenoxy) is 2. The third kappa shape index (κ3) is 4.89. The number of carbonyl (C=O) groups is 1. The van der Waals surface area contributed by atoms with Crippen LogP contribution in [0.25, 0.3) is 10.8 Å². The summed E-state index contributed by atoms with van der Waals surface area (Å²) in [4.78, 5) is 11.9. The first-order valence-corrected chi connectivity index (χ1v) is 9.77. The quantitative estimate of drug-likeness (QED) is 0.349. The minimum Gasteiger partial charge on any atom is -0.493 e. The van der Waals surface area contributed by atoms with Gasteiger partial charge in [0.1, 0.15) is 5.75 Å². The zero-order valence-electron chi connectivity index (χ0n) is 15.5. The maximum absolute atomic E-state index is 11.9. The second-order valence-corrected chi connectivity index (χ2v) is 7.11. The molecule has 6 heteroatoms. The van der Waals surface area contributed by atoms with E-state index in [0.29, 0.717) is 34.4 Å². The predicted molar refractivity (Wildman–Crippen MR) is 115 cm³/mol. The van der Waals surface area contributed by atoms with Crippen molar-refractivity contribution in [3.8, 4) is 5.75 Å². The Morgan fingerprint density at radius 3 is 2.64 bits per heavy atom. The summed E-state index contributed by atoms with van der Waals surface area (Å²) in [7, 11) is 1.32. The molecular weight excluding hydrogens is 397 g/mol. The van der Waals surface area contributed by atoms with Crippen LogP contribution in [0.15, 0.2) is 54.6 Å². The first kappa shape index (κ1) is 20.3. The van der Waals surface area contributed by atoms with Crippen LogP contribution in [0, 0.1) is 0 Å². The fourth-order valence-electron chi connectivity index (χ4n) is 2.97. The van der Waals surface area contributed by atoms with Gasteiger partial charge in [-0.25, -0.2) is 4.79 Å². The van der Waals surface area contributed by atoms with E-state index in [4.69, 9.17) is 32.7 Å². The van der Waals surface area contributed by atoms with Crippen molar-refractivity contribution >= 4 is 45.6 Å². The highest BCUT2D eigenvalue weighted by Gasteiger charge is 2.16. The van der Waals surface area contributed by atoms with E-state index in [9.17, 15) is 4.79 Å². The number of carbonyl (C=O) groups excluding carboxylic acids is 1. The zero-order chi connectivity index (χ0) is 19.9. The summed E-state index contributed by atoms with van der Waals surface area (Å²) < 4.78 is 10.7. The average molecular weight is 418 g/mol. The summed E-state index contributed by atoms with van der Waals surface area (Å²) in [5.41, 5.74) is 0.861. The van der Waals surface area contributed by atoms with Crippen molar-refractivity contribution in [1.82, 2.24) is 0 Å². The van der Waals surface area contributed by atoms with E-state index in [1.54, 1.807) is 12.1 Å². The molecule has 1 N–H and O–H groups in total. The molecular formula is C22H21Cl2NO3. The smallest absolute Gasteiger partial charge is 0.340 e. The Morgan fingerprint density at radius 2 is 1.82 bits per heavy atom. The molecule has 0 heterocycles. The Morgan fingerprint density at radius 1 is 1.04 bits per heavy atom. The third-order valence-electron chi connectivity index (χ3n) is 4.34. The third-order valence-corrected chi connectivity index (χ3v) is 4.86.